The molecule has 0 aromatic rings. The maximum Gasteiger partial charge on any atom is 0.145 e. The van der Waals surface area contributed by atoms with Gasteiger partial charge < -0.3 is 9.47 Å². The van der Waals surface area contributed by atoms with Gasteiger partial charge in [0.15, 0.2) is 0 Å². The molecule has 0 aromatic heterocycles. The van der Waals surface area contributed by atoms with Gasteiger partial charge in [-0.3, -0.25) is 0 Å². The summed E-state index contributed by atoms with van der Waals surface area (Å²) in [5.74, 6) is 1.09. The summed E-state index contributed by atoms with van der Waals surface area (Å²) in [4.78, 5) is 0. The van der Waals surface area contributed by atoms with Crippen molar-refractivity contribution in [3.63, 3.8) is 0 Å². The summed E-state index contributed by atoms with van der Waals surface area (Å²) in [6.07, 6.45) is 1.78. The second kappa shape index (κ2) is 4.68. The predicted octanol–water partition coefficient (Wildman–Crippen LogP) is 2.69. The molecule has 0 saturated carbocycles. The van der Waals surface area contributed by atoms with Crippen LogP contribution >= 0.6 is 11.6 Å². The van der Waals surface area contributed by atoms with Crippen molar-refractivity contribution in [3.8, 4) is 0 Å². The van der Waals surface area contributed by atoms with Crippen molar-refractivity contribution in [1.82, 2.24) is 0 Å². The highest BCUT2D eigenvalue weighted by Crippen LogP contribution is 2.23. The third kappa shape index (κ3) is 2.75. The van der Waals surface area contributed by atoms with Crippen molar-refractivity contribution in [2.75, 3.05) is 13.2 Å². The molecule has 74 valence electrons. The molecule has 0 N–H and O–H groups in total. The van der Waals surface area contributed by atoms with Gasteiger partial charge in [-0.1, -0.05) is 32.0 Å². The zero-order valence-corrected chi connectivity index (χ0v) is 8.80. The molecule has 13 heavy (non-hydrogen) atoms. The van der Waals surface area contributed by atoms with Crippen molar-refractivity contribution in [2.24, 2.45) is 5.92 Å². The van der Waals surface area contributed by atoms with E-state index in [2.05, 4.69) is 6.58 Å². The van der Waals surface area contributed by atoms with E-state index in [9.17, 15) is 0 Å². The second-order valence-electron chi connectivity index (χ2n) is 3.35. The number of ether oxygens (including phenoxy) is 2. The van der Waals surface area contributed by atoms with E-state index in [0.717, 1.165) is 5.76 Å². The topological polar surface area (TPSA) is 18.5 Å². The first-order valence-electron chi connectivity index (χ1n) is 4.41. The largest absolute Gasteiger partial charge is 0.488 e. The van der Waals surface area contributed by atoms with Crippen LogP contribution in [0.3, 0.4) is 0 Å². The highest BCUT2D eigenvalue weighted by molar-refractivity contribution is 6.31. The molecule has 2 nitrogen and oxygen atoms in total. The fourth-order valence-electron chi connectivity index (χ4n) is 1.03. The molecule has 0 atom stereocenters. The Bertz CT molecular complexity index is 217. The maximum absolute atomic E-state index is 5.95. The van der Waals surface area contributed by atoms with Gasteiger partial charge in [0.05, 0.1) is 18.2 Å². The van der Waals surface area contributed by atoms with Gasteiger partial charge in [-0.15, -0.1) is 0 Å². The fourth-order valence-corrected chi connectivity index (χ4v) is 1.29. The van der Waals surface area contributed by atoms with Crippen LogP contribution in [0.4, 0.5) is 0 Å². The van der Waals surface area contributed by atoms with Gasteiger partial charge in [0.1, 0.15) is 11.9 Å². The Hall–Kier alpha value is -0.470. The monoisotopic (exact) mass is 202 g/mol. The Kier molecular flexibility index (Phi) is 3.82. The summed E-state index contributed by atoms with van der Waals surface area (Å²) in [5.41, 5.74) is 0. The van der Waals surface area contributed by atoms with Gasteiger partial charge in [0.2, 0.25) is 0 Å². The summed E-state index contributed by atoms with van der Waals surface area (Å²) in [7, 11) is 0. The first kappa shape index (κ1) is 10.6. The number of halogens is 1. The quantitative estimate of drug-likeness (QED) is 0.516. The lowest BCUT2D eigenvalue weighted by Gasteiger charge is -2.29. The summed E-state index contributed by atoms with van der Waals surface area (Å²) in [6.45, 7) is 9.03. The van der Waals surface area contributed by atoms with E-state index < -0.39 is 0 Å². The predicted molar refractivity (Wildman–Crippen MR) is 53.6 cm³/mol. The van der Waals surface area contributed by atoms with E-state index in [1.807, 2.05) is 13.8 Å². The third-order valence-electron chi connectivity index (χ3n) is 1.84. The SMILES string of the molecule is C=C/C(Cl)=C(/OC1COC1)C(C)C. The fraction of sp³-hybridized carbons (Fsp3) is 0.600. The maximum atomic E-state index is 5.95. The molecule has 1 aliphatic heterocycles. The number of hydrogen-bond donors (Lipinski definition) is 0. The van der Waals surface area contributed by atoms with Crippen molar-refractivity contribution in [1.29, 1.82) is 0 Å². The Balaban J connectivity index is 2.61. The van der Waals surface area contributed by atoms with E-state index >= 15 is 0 Å². The average molecular weight is 203 g/mol. The van der Waals surface area contributed by atoms with Crippen LogP contribution in [0.5, 0.6) is 0 Å². The van der Waals surface area contributed by atoms with Crippen molar-refractivity contribution < 1.29 is 9.47 Å². The van der Waals surface area contributed by atoms with Crippen LogP contribution in [0.25, 0.3) is 0 Å². The van der Waals surface area contributed by atoms with Gasteiger partial charge in [0.25, 0.3) is 0 Å². The minimum absolute atomic E-state index is 0.172. The van der Waals surface area contributed by atoms with Crippen LogP contribution < -0.4 is 0 Å². The number of rotatable bonds is 4. The molecular formula is C10H15ClO2. The lowest BCUT2D eigenvalue weighted by Crippen LogP contribution is -2.36. The van der Waals surface area contributed by atoms with E-state index in [4.69, 9.17) is 21.1 Å². The summed E-state index contributed by atoms with van der Waals surface area (Å²) >= 11 is 5.95. The van der Waals surface area contributed by atoms with Crippen molar-refractivity contribution >= 4 is 11.6 Å². The van der Waals surface area contributed by atoms with Gasteiger partial charge in [-0.25, -0.2) is 0 Å². The van der Waals surface area contributed by atoms with Crippen LogP contribution in [0.15, 0.2) is 23.4 Å². The lowest BCUT2D eigenvalue weighted by molar-refractivity contribution is -0.112. The van der Waals surface area contributed by atoms with Gasteiger partial charge in [-0.2, -0.15) is 0 Å². The molecule has 1 aliphatic rings. The molecule has 1 fully saturated rings. The minimum atomic E-state index is 0.172. The van der Waals surface area contributed by atoms with Crippen LogP contribution in [0.2, 0.25) is 0 Å². The molecule has 1 rings (SSSR count). The third-order valence-corrected chi connectivity index (χ3v) is 2.18. The van der Waals surface area contributed by atoms with Crippen LogP contribution in [0.1, 0.15) is 13.8 Å². The zero-order valence-electron chi connectivity index (χ0n) is 8.05. The van der Waals surface area contributed by atoms with E-state index in [-0.39, 0.29) is 12.0 Å². The highest BCUT2D eigenvalue weighted by Gasteiger charge is 2.23. The van der Waals surface area contributed by atoms with Crippen molar-refractivity contribution in [3.05, 3.63) is 23.4 Å². The molecule has 0 amide bonds. The summed E-state index contributed by atoms with van der Waals surface area (Å²) in [6, 6.07) is 0. The molecular weight excluding hydrogens is 188 g/mol. The molecule has 0 aliphatic carbocycles. The van der Waals surface area contributed by atoms with E-state index in [1.165, 1.54) is 0 Å². The standard InChI is InChI=1S/C10H15ClO2/c1-4-9(11)10(7(2)3)13-8-5-12-6-8/h4,7-8H,1,5-6H2,2-3H3/b10-9-. The number of allylic oxidation sites excluding steroid dienone is 3. The van der Waals surface area contributed by atoms with Gasteiger partial charge in [0, 0.05) is 5.92 Å². The second-order valence-corrected chi connectivity index (χ2v) is 3.76. The van der Waals surface area contributed by atoms with Crippen LogP contribution in [-0.4, -0.2) is 19.3 Å². The smallest absolute Gasteiger partial charge is 0.145 e. The molecule has 0 bridgehead atoms. The van der Waals surface area contributed by atoms with Gasteiger partial charge in [-0.05, 0) is 6.08 Å². The summed E-state index contributed by atoms with van der Waals surface area (Å²) in [5, 5.41) is 0.599. The average Bonchev–Trinajstić information content (AvgIpc) is 2.00. The zero-order chi connectivity index (χ0) is 9.84. The Labute approximate surface area is 84.2 Å². The Morgan fingerprint density at radius 2 is 2.23 bits per heavy atom. The molecule has 0 unspecified atom stereocenters. The lowest BCUT2D eigenvalue weighted by atomic mass is 10.1. The first-order valence-corrected chi connectivity index (χ1v) is 4.79. The van der Waals surface area contributed by atoms with Crippen LogP contribution in [-0.2, 0) is 9.47 Å². The molecule has 0 radical (unpaired) electrons. The number of hydrogen-bond acceptors (Lipinski definition) is 2. The normalized spacial score (nSPS) is 19.4. The summed E-state index contributed by atoms with van der Waals surface area (Å²) < 4.78 is 10.7. The minimum Gasteiger partial charge on any atom is -0.488 e. The molecule has 1 heterocycles. The first-order chi connectivity index (χ1) is 6.15. The van der Waals surface area contributed by atoms with E-state index in [1.54, 1.807) is 6.08 Å². The van der Waals surface area contributed by atoms with Crippen LogP contribution in [0, 0.1) is 5.92 Å². The van der Waals surface area contributed by atoms with E-state index in [0.29, 0.717) is 18.2 Å². The molecule has 0 aromatic carbocycles. The molecule has 3 heteroatoms. The molecule has 0 spiro atoms. The highest BCUT2D eigenvalue weighted by atomic mass is 35.5. The Morgan fingerprint density at radius 1 is 1.62 bits per heavy atom. The Morgan fingerprint density at radius 3 is 2.54 bits per heavy atom. The van der Waals surface area contributed by atoms with Gasteiger partial charge >= 0.3 is 0 Å². The molecule has 1 saturated heterocycles. The van der Waals surface area contributed by atoms with Crippen molar-refractivity contribution in [2.45, 2.75) is 20.0 Å².